The molecule has 0 atom stereocenters. The highest BCUT2D eigenvalue weighted by atomic mass is 16.6. The van der Waals surface area contributed by atoms with Gasteiger partial charge in [-0.15, -0.1) is 0 Å². The van der Waals surface area contributed by atoms with Gasteiger partial charge in [0, 0.05) is 6.07 Å². The summed E-state index contributed by atoms with van der Waals surface area (Å²) in [6.07, 6.45) is 0. The van der Waals surface area contributed by atoms with Crippen LogP contribution in [0.3, 0.4) is 0 Å². The number of nitrogens with one attached hydrogen (secondary N) is 1. The largest absolute Gasteiger partial charge is 0.393 e. The summed E-state index contributed by atoms with van der Waals surface area (Å²) in [5, 5.41) is 16.9. The number of carbonyl (C=O) groups excluding carboxylic acids is 1. The number of nitrogens with zero attached hydrogens (tertiary/aromatic N) is 2. The summed E-state index contributed by atoms with van der Waals surface area (Å²) < 4.78 is 4.78. The van der Waals surface area contributed by atoms with Crippen LogP contribution < -0.4 is 11.1 Å². The number of nitrogens with two attached hydrogens (primary N) is 1. The molecule has 1 heterocycles. The van der Waals surface area contributed by atoms with E-state index >= 15 is 0 Å². The second-order valence-corrected chi connectivity index (χ2v) is 3.78. The second-order valence-electron chi connectivity index (χ2n) is 3.78. The molecule has 19 heavy (non-hydrogen) atoms. The van der Waals surface area contributed by atoms with Crippen LogP contribution in [0.25, 0.3) is 0 Å². The minimum atomic E-state index is -0.696. The average Bonchev–Trinajstić information content (AvgIpc) is 2.73. The number of amides is 1. The Morgan fingerprint density at radius 2 is 2.26 bits per heavy atom. The SMILES string of the molecule is Cc1cc(NC(=O)c2cccc(N)c2[N+](=O)[O-])no1. The fourth-order valence-corrected chi connectivity index (χ4v) is 1.56. The highest BCUT2D eigenvalue weighted by Gasteiger charge is 2.23. The van der Waals surface area contributed by atoms with Crippen molar-refractivity contribution in [2.24, 2.45) is 0 Å². The zero-order valence-electron chi connectivity index (χ0n) is 9.91. The Balaban J connectivity index is 2.34. The first-order chi connectivity index (χ1) is 8.99. The Bertz CT molecular complexity index is 650. The summed E-state index contributed by atoms with van der Waals surface area (Å²) in [6, 6.07) is 5.63. The van der Waals surface area contributed by atoms with Crippen molar-refractivity contribution in [2.45, 2.75) is 6.92 Å². The molecule has 8 heteroatoms. The molecule has 98 valence electrons. The molecule has 0 spiro atoms. The topological polar surface area (TPSA) is 124 Å². The van der Waals surface area contributed by atoms with Gasteiger partial charge in [0.15, 0.2) is 5.82 Å². The Hall–Kier alpha value is -2.90. The minimum absolute atomic E-state index is 0.0750. The van der Waals surface area contributed by atoms with E-state index in [-0.39, 0.29) is 17.1 Å². The first kappa shape index (κ1) is 12.6. The Labute approximate surface area is 107 Å². The predicted molar refractivity (Wildman–Crippen MR) is 66.7 cm³/mol. The normalized spacial score (nSPS) is 10.2. The van der Waals surface area contributed by atoms with Crippen molar-refractivity contribution < 1.29 is 14.2 Å². The van der Waals surface area contributed by atoms with Crippen LogP contribution in [-0.2, 0) is 0 Å². The van der Waals surface area contributed by atoms with Gasteiger partial charge >= 0.3 is 5.69 Å². The fourth-order valence-electron chi connectivity index (χ4n) is 1.56. The van der Waals surface area contributed by atoms with Crippen molar-refractivity contribution in [2.75, 3.05) is 11.1 Å². The third-order valence-corrected chi connectivity index (χ3v) is 2.36. The van der Waals surface area contributed by atoms with Crippen LogP contribution in [0.5, 0.6) is 0 Å². The number of nitro benzene ring substituents is 1. The highest BCUT2D eigenvalue weighted by molar-refractivity contribution is 6.07. The molecule has 1 aromatic carbocycles. The molecule has 2 rings (SSSR count). The monoisotopic (exact) mass is 262 g/mol. The van der Waals surface area contributed by atoms with E-state index in [0.717, 1.165) is 0 Å². The lowest BCUT2D eigenvalue weighted by atomic mass is 10.1. The Morgan fingerprint density at radius 3 is 2.84 bits per heavy atom. The summed E-state index contributed by atoms with van der Waals surface area (Å²) >= 11 is 0. The van der Waals surface area contributed by atoms with Crippen molar-refractivity contribution >= 4 is 23.1 Å². The number of rotatable bonds is 3. The fraction of sp³-hybridized carbons (Fsp3) is 0.0909. The van der Waals surface area contributed by atoms with Crippen LogP contribution >= 0.6 is 0 Å². The van der Waals surface area contributed by atoms with Crippen LogP contribution in [0, 0.1) is 17.0 Å². The average molecular weight is 262 g/mol. The van der Waals surface area contributed by atoms with Gasteiger partial charge in [0.2, 0.25) is 0 Å². The third-order valence-electron chi connectivity index (χ3n) is 2.36. The molecule has 0 aliphatic carbocycles. The number of anilines is 2. The molecule has 0 radical (unpaired) electrons. The van der Waals surface area contributed by atoms with Gasteiger partial charge in [-0.3, -0.25) is 14.9 Å². The number of para-hydroxylation sites is 1. The number of nitro groups is 1. The summed E-state index contributed by atoms with van der Waals surface area (Å²) in [6.45, 7) is 1.66. The summed E-state index contributed by atoms with van der Waals surface area (Å²) in [4.78, 5) is 22.2. The molecule has 8 nitrogen and oxygen atoms in total. The molecule has 1 amide bonds. The highest BCUT2D eigenvalue weighted by Crippen LogP contribution is 2.26. The standard InChI is InChI=1S/C11H10N4O4/c1-6-5-9(14-19-6)13-11(16)7-3-2-4-8(12)10(7)15(17)18/h2-5H,12H2,1H3,(H,13,14,16). The maximum absolute atomic E-state index is 11.9. The lowest BCUT2D eigenvalue weighted by Gasteiger charge is -2.04. The second kappa shape index (κ2) is 4.77. The van der Waals surface area contributed by atoms with Crippen molar-refractivity contribution in [1.82, 2.24) is 5.16 Å². The molecule has 0 saturated heterocycles. The van der Waals surface area contributed by atoms with Crippen LogP contribution in [0.2, 0.25) is 0 Å². The van der Waals surface area contributed by atoms with Gasteiger partial charge in [-0.2, -0.15) is 0 Å². The maximum atomic E-state index is 11.9. The van der Waals surface area contributed by atoms with Gasteiger partial charge in [0.1, 0.15) is 17.0 Å². The number of benzene rings is 1. The summed E-state index contributed by atoms with van der Waals surface area (Å²) in [5.74, 6) is 0.0175. The molecular formula is C11H10N4O4. The Morgan fingerprint density at radius 1 is 1.53 bits per heavy atom. The van der Waals surface area contributed by atoms with Gasteiger partial charge in [0.25, 0.3) is 5.91 Å². The smallest absolute Gasteiger partial charge is 0.304 e. The zero-order valence-corrected chi connectivity index (χ0v) is 9.91. The van der Waals surface area contributed by atoms with Gasteiger partial charge in [0.05, 0.1) is 4.92 Å². The number of hydrogen-bond acceptors (Lipinski definition) is 6. The Kier molecular flexibility index (Phi) is 3.15. The lowest BCUT2D eigenvalue weighted by Crippen LogP contribution is -2.15. The summed E-state index contributed by atoms with van der Waals surface area (Å²) in [7, 11) is 0. The molecule has 1 aromatic heterocycles. The lowest BCUT2D eigenvalue weighted by molar-refractivity contribution is -0.384. The number of carbonyl (C=O) groups is 1. The molecule has 0 unspecified atom stereocenters. The van der Waals surface area contributed by atoms with Crippen molar-refractivity contribution in [3.05, 3.63) is 45.7 Å². The maximum Gasteiger partial charge on any atom is 0.304 e. The van der Waals surface area contributed by atoms with E-state index in [4.69, 9.17) is 10.3 Å². The van der Waals surface area contributed by atoms with E-state index in [0.29, 0.717) is 5.76 Å². The van der Waals surface area contributed by atoms with Gasteiger partial charge < -0.3 is 15.6 Å². The van der Waals surface area contributed by atoms with Crippen molar-refractivity contribution in [3.8, 4) is 0 Å². The molecule has 0 fully saturated rings. The van der Waals surface area contributed by atoms with Crippen LogP contribution in [0.15, 0.2) is 28.8 Å². The number of aryl methyl sites for hydroxylation is 1. The molecule has 0 aliphatic rings. The van der Waals surface area contributed by atoms with E-state index in [1.54, 1.807) is 6.92 Å². The molecule has 0 bridgehead atoms. The number of nitrogen functional groups attached to an aromatic ring is 1. The van der Waals surface area contributed by atoms with Crippen LogP contribution in [0.4, 0.5) is 17.2 Å². The van der Waals surface area contributed by atoms with Gasteiger partial charge in [-0.25, -0.2) is 0 Å². The first-order valence-electron chi connectivity index (χ1n) is 5.26. The van der Waals surface area contributed by atoms with E-state index in [2.05, 4.69) is 10.5 Å². The zero-order chi connectivity index (χ0) is 14.0. The number of hydrogen-bond donors (Lipinski definition) is 2. The molecule has 3 N–H and O–H groups in total. The van der Waals surface area contributed by atoms with Gasteiger partial charge in [-0.1, -0.05) is 11.2 Å². The van der Waals surface area contributed by atoms with E-state index in [1.165, 1.54) is 24.3 Å². The van der Waals surface area contributed by atoms with Crippen LogP contribution in [-0.4, -0.2) is 16.0 Å². The van der Waals surface area contributed by atoms with Crippen LogP contribution in [0.1, 0.15) is 16.1 Å². The molecular weight excluding hydrogens is 252 g/mol. The molecule has 0 saturated carbocycles. The quantitative estimate of drug-likeness (QED) is 0.493. The predicted octanol–water partition coefficient (Wildman–Crippen LogP) is 1.73. The minimum Gasteiger partial charge on any atom is -0.393 e. The van der Waals surface area contributed by atoms with E-state index < -0.39 is 16.5 Å². The molecule has 0 aliphatic heterocycles. The number of aromatic nitrogens is 1. The van der Waals surface area contributed by atoms with E-state index in [1.807, 2.05) is 0 Å². The van der Waals surface area contributed by atoms with Gasteiger partial charge in [-0.05, 0) is 19.1 Å². The first-order valence-corrected chi connectivity index (χ1v) is 5.26. The third kappa shape index (κ3) is 2.51. The van der Waals surface area contributed by atoms with Crippen molar-refractivity contribution in [1.29, 1.82) is 0 Å². The van der Waals surface area contributed by atoms with Crippen molar-refractivity contribution in [3.63, 3.8) is 0 Å². The van der Waals surface area contributed by atoms with E-state index in [9.17, 15) is 14.9 Å². The molecule has 2 aromatic rings. The summed E-state index contributed by atoms with van der Waals surface area (Å²) in [5.41, 5.74) is 4.86.